The first-order valence-corrected chi connectivity index (χ1v) is 6.52. The maximum atomic E-state index is 12.3. The van der Waals surface area contributed by atoms with Gasteiger partial charge in [0.25, 0.3) is 0 Å². The third-order valence-electron chi connectivity index (χ3n) is 2.74. The molecular formula is C14H21F2NO2. The lowest BCUT2D eigenvalue weighted by Crippen LogP contribution is -2.07. The fourth-order valence-electron chi connectivity index (χ4n) is 1.76. The molecule has 108 valence electrons. The first-order valence-electron chi connectivity index (χ1n) is 6.52. The molecule has 0 amide bonds. The van der Waals surface area contributed by atoms with E-state index >= 15 is 0 Å². The Kier molecular flexibility index (Phi) is 7.18. The lowest BCUT2D eigenvalue weighted by atomic mass is 10.2. The summed E-state index contributed by atoms with van der Waals surface area (Å²) in [4.78, 5) is 0. The van der Waals surface area contributed by atoms with E-state index < -0.39 is 6.61 Å². The van der Waals surface area contributed by atoms with Crippen LogP contribution in [0.25, 0.3) is 0 Å². The lowest BCUT2D eigenvalue weighted by Gasteiger charge is -2.14. The van der Waals surface area contributed by atoms with Crippen molar-refractivity contribution in [1.82, 2.24) is 0 Å². The van der Waals surface area contributed by atoms with E-state index in [2.05, 4.69) is 4.74 Å². The molecule has 0 fully saturated rings. The van der Waals surface area contributed by atoms with Gasteiger partial charge in [-0.25, -0.2) is 0 Å². The third-order valence-corrected chi connectivity index (χ3v) is 2.74. The van der Waals surface area contributed by atoms with E-state index in [-0.39, 0.29) is 5.75 Å². The summed E-state index contributed by atoms with van der Waals surface area (Å²) in [5.41, 5.74) is 6.04. The number of alkyl halides is 2. The topological polar surface area (TPSA) is 44.5 Å². The van der Waals surface area contributed by atoms with Crippen LogP contribution in [0, 0.1) is 6.92 Å². The van der Waals surface area contributed by atoms with Crippen LogP contribution in [0.2, 0.25) is 0 Å². The number of benzene rings is 1. The van der Waals surface area contributed by atoms with Crippen molar-refractivity contribution in [3.63, 3.8) is 0 Å². The van der Waals surface area contributed by atoms with Crippen LogP contribution in [0.3, 0.4) is 0 Å². The van der Waals surface area contributed by atoms with Gasteiger partial charge in [-0.15, -0.1) is 0 Å². The lowest BCUT2D eigenvalue weighted by molar-refractivity contribution is -0.0519. The summed E-state index contributed by atoms with van der Waals surface area (Å²) < 4.78 is 34.6. The van der Waals surface area contributed by atoms with E-state index in [0.29, 0.717) is 24.5 Å². The highest BCUT2D eigenvalue weighted by molar-refractivity contribution is 5.45. The number of nitrogens with two attached hydrogens (primary N) is 1. The Morgan fingerprint density at radius 1 is 1.16 bits per heavy atom. The normalized spacial score (nSPS) is 10.8. The Bertz CT molecular complexity index is 372. The molecule has 0 aliphatic carbocycles. The van der Waals surface area contributed by atoms with Crippen molar-refractivity contribution in [2.24, 2.45) is 5.73 Å². The summed E-state index contributed by atoms with van der Waals surface area (Å²) in [6.45, 7) is 0.0675. The van der Waals surface area contributed by atoms with E-state index in [1.807, 2.05) is 0 Å². The Morgan fingerprint density at radius 3 is 2.58 bits per heavy atom. The second kappa shape index (κ2) is 8.69. The summed E-state index contributed by atoms with van der Waals surface area (Å²) in [5.74, 6) is 0.499. The molecule has 0 unspecified atom stereocenters. The minimum Gasteiger partial charge on any atom is -0.490 e. The average molecular weight is 273 g/mol. The Morgan fingerprint density at radius 2 is 1.89 bits per heavy atom. The van der Waals surface area contributed by atoms with Crippen molar-refractivity contribution in [2.75, 3.05) is 13.2 Å². The van der Waals surface area contributed by atoms with Crippen molar-refractivity contribution in [3.05, 3.63) is 23.8 Å². The van der Waals surface area contributed by atoms with Crippen LogP contribution >= 0.6 is 0 Å². The number of hydrogen-bond acceptors (Lipinski definition) is 3. The molecule has 1 aromatic carbocycles. The minimum absolute atomic E-state index is 0.124. The van der Waals surface area contributed by atoms with Crippen LogP contribution in [0.4, 0.5) is 8.78 Å². The summed E-state index contributed by atoms with van der Waals surface area (Å²) in [6.07, 6.45) is 3.97. The number of halogens is 2. The molecule has 0 aliphatic heterocycles. The SMILES string of the molecule is Cc1cccc(OCCCCCCN)c1OC(F)F. The molecule has 19 heavy (non-hydrogen) atoms. The van der Waals surface area contributed by atoms with E-state index in [1.54, 1.807) is 25.1 Å². The van der Waals surface area contributed by atoms with Gasteiger partial charge in [-0.3, -0.25) is 0 Å². The summed E-state index contributed by atoms with van der Waals surface area (Å²) in [6, 6.07) is 5.12. The van der Waals surface area contributed by atoms with Crippen LogP contribution in [0.15, 0.2) is 18.2 Å². The largest absolute Gasteiger partial charge is 0.490 e. The van der Waals surface area contributed by atoms with E-state index in [0.717, 1.165) is 25.7 Å². The van der Waals surface area contributed by atoms with Crippen LogP contribution in [0.5, 0.6) is 11.5 Å². The summed E-state index contributed by atoms with van der Waals surface area (Å²) in [5, 5.41) is 0. The van der Waals surface area contributed by atoms with Gasteiger partial charge in [0.2, 0.25) is 0 Å². The molecule has 0 saturated carbocycles. The molecule has 3 nitrogen and oxygen atoms in total. The molecule has 0 radical (unpaired) electrons. The van der Waals surface area contributed by atoms with Crippen LogP contribution < -0.4 is 15.2 Å². The zero-order valence-electron chi connectivity index (χ0n) is 11.2. The number of rotatable bonds is 9. The molecule has 0 saturated heterocycles. The van der Waals surface area contributed by atoms with Gasteiger partial charge in [0, 0.05) is 0 Å². The highest BCUT2D eigenvalue weighted by atomic mass is 19.3. The molecule has 0 aromatic heterocycles. The quantitative estimate of drug-likeness (QED) is 0.700. The van der Waals surface area contributed by atoms with E-state index in [9.17, 15) is 8.78 Å². The molecule has 0 heterocycles. The van der Waals surface area contributed by atoms with Crippen LogP contribution in [-0.2, 0) is 0 Å². The Hall–Kier alpha value is -1.36. The van der Waals surface area contributed by atoms with Gasteiger partial charge >= 0.3 is 6.61 Å². The van der Waals surface area contributed by atoms with Gasteiger partial charge < -0.3 is 15.2 Å². The van der Waals surface area contributed by atoms with Gasteiger partial charge in [-0.05, 0) is 37.9 Å². The van der Waals surface area contributed by atoms with Crippen molar-refractivity contribution >= 4 is 0 Å². The second-order valence-electron chi connectivity index (χ2n) is 4.33. The van der Waals surface area contributed by atoms with Crippen molar-refractivity contribution in [1.29, 1.82) is 0 Å². The van der Waals surface area contributed by atoms with Gasteiger partial charge in [-0.1, -0.05) is 25.0 Å². The second-order valence-corrected chi connectivity index (χ2v) is 4.33. The highest BCUT2D eigenvalue weighted by Crippen LogP contribution is 2.32. The summed E-state index contributed by atoms with van der Waals surface area (Å²) >= 11 is 0. The molecule has 5 heteroatoms. The molecule has 0 aliphatic rings. The summed E-state index contributed by atoms with van der Waals surface area (Å²) in [7, 11) is 0. The Balaban J connectivity index is 2.46. The molecule has 0 bridgehead atoms. The number of aryl methyl sites for hydroxylation is 1. The molecule has 2 N–H and O–H groups in total. The standard InChI is InChI=1S/C14H21F2NO2/c1-11-7-6-8-12(13(11)19-14(15)16)18-10-5-3-2-4-9-17/h6-8,14H,2-5,9-10,17H2,1H3. The molecule has 0 spiro atoms. The number of hydrogen-bond donors (Lipinski definition) is 1. The average Bonchev–Trinajstić information content (AvgIpc) is 2.37. The molecule has 1 rings (SSSR count). The number of para-hydroxylation sites is 1. The number of ether oxygens (including phenoxy) is 2. The van der Waals surface area contributed by atoms with E-state index in [4.69, 9.17) is 10.5 Å². The molecular weight excluding hydrogens is 252 g/mol. The fraction of sp³-hybridized carbons (Fsp3) is 0.571. The first kappa shape index (κ1) is 15.7. The van der Waals surface area contributed by atoms with Crippen molar-refractivity contribution in [3.8, 4) is 11.5 Å². The van der Waals surface area contributed by atoms with Gasteiger partial charge in [0.15, 0.2) is 11.5 Å². The maximum Gasteiger partial charge on any atom is 0.387 e. The predicted octanol–water partition coefficient (Wildman–Crippen LogP) is 3.49. The van der Waals surface area contributed by atoms with Gasteiger partial charge in [0.1, 0.15) is 0 Å². The van der Waals surface area contributed by atoms with Crippen LogP contribution in [-0.4, -0.2) is 19.8 Å². The minimum atomic E-state index is -2.84. The maximum absolute atomic E-state index is 12.3. The third kappa shape index (κ3) is 5.87. The number of unbranched alkanes of at least 4 members (excludes halogenated alkanes) is 3. The molecule has 0 atom stereocenters. The Labute approximate surface area is 112 Å². The van der Waals surface area contributed by atoms with Crippen LogP contribution in [0.1, 0.15) is 31.2 Å². The smallest absolute Gasteiger partial charge is 0.387 e. The zero-order valence-corrected chi connectivity index (χ0v) is 11.2. The highest BCUT2D eigenvalue weighted by Gasteiger charge is 2.13. The van der Waals surface area contributed by atoms with E-state index in [1.165, 1.54) is 0 Å². The zero-order chi connectivity index (χ0) is 14.1. The molecule has 1 aromatic rings. The predicted molar refractivity (Wildman–Crippen MR) is 70.8 cm³/mol. The van der Waals surface area contributed by atoms with Crippen molar-refractivity contribution in [2.45, 2.75) is 39.2 Å². The van der Waals surface area contributed by atoms with Crippen molar-refractivity contribution < 1.29 is 18.3 Å². The first-order chi connectivity index (χ1) is 9.15. The van der Waals surface area contributed by atoms with Gasteiger partial charge in [-0.2, -0.15) is 8.78 Å². The van der Waals surface area contributed by atoms with Gasteiger partial charge in [0.05, 0.1) is 6.61 Å². The monoisotopic (exact) mass is 273 g/mol. The fourth-order valence-corrected chi connectivity index (χ4v) is 1.76.